The Labute approximate surface area is 99.2 Å². The van der Waals surface area contributed by atoms with E-state index in [0.717, 1.165) is 13.2 Å². The second kappa shape index (κ2) is 5.34. The number of hydrogen-bond acceptors (Lipinski definition) is 5. The molecule has 7 nitrogen and oxygen atoms in total. The van der Waals surface area contributed by atoms with Crippen LogP contribution in [0.15, 0.2) is 6.07 Å². The van der Waals surface area contributed by atoms with Crippen molar-refractivity contribution in [1.82, 2.24) is 4.98 Å². The number of nitrogens with zero attached hydrogens (tertiary/aromatic N) is 2. The fraction of sp³-hybridized carbons (Fsp3) is 0.333. The zero-order chi connectivity index (χ0) is 13.9. The van der Waals surface area contributed by atoms with Gasteiger partial charge in [0, 0.05) is 5.56 Å². The summed E-state index contributed by atoms with van der Waals surface area (Å²) in [5.41, 5.74) is -1.25. The van der Waals surface area contributed by atoms with Crippen molar-refractivity contribution >= 4 is 11.8 Å². The first-order valence-electron chi connectivity index (χ1n) is 4.59. The summed E-state index contributed by atoms with van der Waals surface area (Å²) in [6.07, 6.45) is -3.83. The van der Waals surface area contributed by atoms with Crippen LogP contribution in [-0.2, 0) is 11.2 Å². The Balaban J connectivity index is 3.41. The van der Waals surface area contributed by atoms with Crippen LogP contribution in [0.25, 0.3) is 0 Å². The second-order valence-electron chi connectivity index (χ2n) is 3.19. The van der Waals surface area contributed by atoms with E-state index >= 15 is 0 Å². The van der Waals surface area contributed by atoms with E-state index in [1.807, 2.05) is 0 Å². The number of pyridine rings is 1. The molecule has 0 aliphatic heterocycles. The van der Waals surface area contributed by atoms with Gasteiger partial charge in [0.15, 0.2) is 0 Å². The van der Waals surface area contributed by atoms with E-state index in [1.54, 1.807) is 0 Å². The monoisotopic (exact) mass is 262 g/mol. The summed E-state index contributed by atoms with van der Waals surface area (Å²) in [6, 6.07) is 0.890. The predicted molar refractivity (Wildman–Crippen MR) is 53.7 cm³/mol. The molecule has 1 heterocycles. The van der Waals surface area contributed by atoms with Crippen molar-refractivity contribution in [2.45, 2.75) is 12.8 Å². The predicted octanol–water partition coefficient (Wildman–Crippen LogP) is 1.56. The summed E-state index contributed by atoms with van der Waals surface area (Å²) in [4.78, 5) is 23.3. The number of methoxy groups -OCH3 is 1. The van der Waals surface area contributed by atoms with Gasteiger partial charge in [-0.3, -0.25) is 4.79 Å². The van der Waals surface area contributed by atoms with Crippen molar-refractivity contribution in [3.05, 3.63) is 27.4 Å². The highest BCUT2D eigenvalue weighted by Crippen LogP contribution is 2.31. The standard InChI is InChI=1S/C9H8F2N2O5/c1-18-5-2-4(3-6(14)15)7(8(10)11)12-9(5)13(16)17/h2,8H,3H2,1H3,(H,14,15). The molecule has 1 N–H and O–H groups in total. The van der Waals surface area contributed by atoms with Crippen LogP contribution in [0.4, 0.5) is 14.6 Å². The Morgan fingerprint density at radius 3 is 2.67 bits per heavy atom. The SMILES string of the molecule is COc1cc(CC(=O)O)c(C(F)F)nc1[N+](=O)[O-]. The summed E-state index contributed by atoms with van der Waals surface area (Å²) < 4.78 is 29.9. The minimum Gasteiger partial charge on any atom is -0.489 e. The molecule has 0 spiro atoms. The smallest absolute Gasteiger partial charge is 0.406 e. The van der Waals surface area contributed by atoms with Crippen LogP contribution in [0, 0.1) is 10.1 Å². The van der Waals surface area contributed by atoms with Gasteiger partial charge in [-0.15, -0.1) is 0 Å². The second-order valence-corrected chi connectivity index (χ2v) is 3.19. The van der Waals surface area contributed by atoms with Crippen molar-refractivity contribution in [3.63, 3.8) is 0 Å². The first kappa shape index (κ1) is 13.7. The molecule has 0 fully saturated rings. The Morgan fingerprint density at radius 1 is 1.67 bits per heavy atom. The number of ether oxygens (including phenoxy) is 1. The van der Waals surface area contributed by atoms with Crippen LogP contribution in [0.2, 0.25) is 0 Å². The first-order valence-corrected chi connectivity index (χ1v) is 4.59. The van der Waals surface area contributed by atoms with E-state index in [1.165, 1.54) is 0 Å². The number of rotatable bonds is 5. The summed E-state index contributed by atoms with van der Waals surface area (Å²) in [5, 5.41) is 19.2. The van der Waals surface area contributed by atoms with Gasteiger partial charge < -0.3 is 20.0 Å². The molecule has 0 saturated heterocycles. The molecule has 0 amide bonds. The summed E-state index contributed by atoms with van der Waals surface area (Å²) >= 11 is 0. The molecule has 0 unspecified atom stereocenters. The maximum absolute atomic E-state index is 12.6. The van der Waals surface area contributed by atoms with Gasteiger partial charge >= 0.3 is 18.2 Å². The zero-order valence-electron chi connectivity index (χ0n) is 9.09. The van der Waals surface area contributed by atoms with E-state index in [-0.39, 0.29) is 11.3 Å². The molecule has 9 heteroatoms. The summed E-state index contributed by atoms with van der Waals surface area (Å²) in [5.74, 6) is -2.59. The highest BCUT2D eigenvalue weighted by atomic mass is 19.3. The first-order chi connectivity index (χ1) is 8.36. The number of nitro groups is 1. The normalized spacial score (nSPS) is 10.4. The van der Waals surface area contributed by atoms with Crippen molar-refractivity contribution in [3.8, 4) is 5.75 Å². The lowest BCUT2D eigenvalue weighted by atomic mass is 10.1. The van der Waals surface area contributed by atoms with Crippen LogP contribution >= 0.6 is 0 Å². The summed E-state index contributed by atoms with van der Waals surface area (Å²) in [6.45, 7) is 0. The molecule has 0 aliphatic rings. The number of aromatic nitrogens is 1. The largest absolute Gasteiger partial charge is 0.489 e. The Kier molecular flexibility index (Phi) is 4.08. The van der Waals surface area contributed by atoms with Gasteiger partial charge in [-0.05, 0) is 16.0 Å². The maximum atomic E-state index is 12.6. The lowest BCUT2D eigenvalue weighted by Crippen LogP contribution is -2.09. The molecule has 0 bridgehead atoms. The highest BCUT2D eigenvalue weighted by Gasteiger charge is 2.28. The van der Waals surface area contributed by atoms with Crippen LogP contribution in [0.3, 0.4) is 0 Å². The number of hydrogen-bond donors (Lipinski definition) is 1. The molecule has 0 saturated carbocycles. The molecule has 1 aromatic rings. The Morgan fingerprint density at radius 2 is 2.28 bits per heavy atom. The van der Waals surface area contributed by atoms with E-state index in [4.69, 9.17) is 5.11 Å². The fourth-order valence-electron chi connectivity index (χ4n) is 1.31. The van der Waals surface area contributed by atoms with Crippen molar-refractivity contribution in [1.29, 1.82) is 0 Å². The van der Waals surface area contributed by atoms with Crippen LogP contribution in [0.1, 0.15) is 17.7 Å². The lowest BCUT2D eigenvalue weighted by molar-refractivity contribution is -0.390. The van der Waals surface area contributed by atoms with E-state index in [0.29, 0.717) is 0 Å². The van der Waals surface area contributed by atoms with Crippen LogP contribution in [0.5, 0.6) is 5.75 Å². The van der Waals surface area contributed by atoms with Gasteiger partial charge in [-0.25, -0.2) is 8.78 Å². The molecule has 0 aromatic carbocycles. The number of aliphatic carboxylic acids is 1. The van der Waals surface area contributed by atoms with Crippen LogP contribution in [-0.4, -0.2) is 28.1 Å². The van der Waals surface area contributed by atoms with Gasteiger partial charge in [0.1, 0.15) is 0 Å². The van der Waals surface area contributed by atoms with E-state index in [2.05, 4.69) is 9.72 Å². The van der Waals surface area contributed by atoms with Gasteiger partial charge in [0.25, 0.3) is 0 Å². The van der Waals surface area contributed by atoms with E-state index in [9.17, 15) is 23.7 Å². The molecule has 18 heavy (non-hydrogen) atoms. The highest BCUT2D eigenvalue weighted by molar-refractivity contribution is 5.71. The van der Waals surface area contributed by atoms with Crippen molar-refractivity contribution in [2.24, 2.45) is 0 Å². The molecule has 0 atom stereocenters. The molecule has 1 aromatic heterocycles. The fourth-order valence-corrected chi connectivity index (χ4v) is 1.31. The van der Waals surface area contributed by atoms with Gasteiger partial charge in [0.2, 0.25) is 11.4 Å². The van der Waals surface area contributed by atoms with Gasteiger partial charge in [-0.1, -0.05) is 0 Å². The number of carboxylic acid groups (broad SMARTS) is 1. The number of carbonyl (C=O) groups is 1. The zero-order valence-corrected chi connectivity index (χ0v) is 9.09. The third-order valence-electron chi connectivity index (χ3n) is 2.02. The number of halogens is 2. The van der Waals surface area contributed by atoms with E-state index < -0.39 is 35.3 Å². The van der Waals surface area contributed by atoms with Gasteiger partial charge in [0.05, 0.1) is 13.5 Å². The topological polar surface area (TPSA) is 103 Å². The molecule has 0 aliphatic carbocycles. The molecular formula is C9H8F2N2O5. The Bertz CT molecular complexity index is 492. The lowest BCUT2D eigenvalue weighted by Gasteiger charge is -2.06. The quantitative estimate of drug-likeness (QED) is 0.638. The molecular weight excluding hydrogens is 254 g/mol. The summed E-state index contributed by atoms with van der Waals surface area (Å²) in [7, 11) is 1.09. The maximum Gasteiger partial charge on any atom is 0.406 e. The van der Waals surface area contributed by atoms with Gasteiger partial charge in [-0.2, -0.15) is 0 Å². The molecule has 1 rings (SSSR count). The average Bonchev–Trinajstić information content (AvgIpc) is 2.26. The molecule has 98 valence electrons. The Hall–Kier alpha value is -2.32. The molecule has 0 radical (unpaired) electrons. The third-order valence-corrected chi connectivity index (χ3v) is 2.02. The average molecular weight is 262 g/mol. The van der Waals surface area contributed by atoms with Crippen molar-refractivity contribution in [2.75, 3.05) is 7.11 Å². The van der Waals surface area contributed by atoms with Crippen LogP contribution < -0.4 is 4.74 Å². The number of alkyl halides is 2. The minimum atomic E-state index is -3.11. The van der Waals surface area contributed by atoms with Crippen molar-refractivity contribution < 1.29 is 28.3 Å². The minimum absolute atomic E-state index is 0.319. The third kappa shape index (κ3) is 2.87. The number of carboxylic acids is 1.